The monoisotopic (exact) mass is 213 g/mol. The number of rotatable bonds is 3. The fourth-order valence-electron chi connectivity index (χ4n) is 2.53. The van der Waals surface area contributed by atoms with E-state index in [0.717, 1.165) is 26.1 Å². The Morgan fingerprint density at radius 2 is 2.53 bits per heavy atom. The first-order valence-electron chi connectivity index (χ1n) is 5.72. The number of carbonyl (C=O) groups excluding carboxylic acids is 1. The van der Waals surface area contributed by atoms with E-state index in [4.69, 9.17) is 9.47 Å². The molecule has 2 heterocycles. The maximum atomic E-state index is 11.3. The van der Waals surface area contributed by atoms with Crippen LogP contribution < -0.4 is 5.32 Å². The highest BCUT2D eigenvalue weighted by atomic mass is 16.5. The highest BCUT2D eigenvalue weighted by Gasteiger charge is 2.42. The Morgan fingerprint density at radius 3 is 3.20 bits per heavy atom. The van der Waals surface area contributed by atoms with Crippen molar-refractivity contribution in [3.8, 4) is 0 Å². The second-order valence-corrected chi connectivity index (χ2v) is 4.57. The van der Waals surface area contributed by atoms with E-state index >= 15 is 0 Å². The van der Waals surface area contributed by atoms with Gasteiger partial charge in [0.25, 0.3) is 0 Å². The smallest absolute Gasteiger partial charge is 0.308 e. The molecule has 0 aromatic carbocycles. The van der Waals surface area contributed by atoms with Crippen molar-refractivity contribution in [3.63, 3.8) is 0 Å². The second-order valence-electron chi connectivity index (χ2n) is 4.57. The molecule has 4 heteroatoms. The summed E-state index contributed by atoms with van der Waals surface area (Å²) in [6, 6.07) is 0. The molecule has 2 unspecified atom stereocenters. The molecule has 0 saturated carbocycles. The van der Waals surface area contributed by atoms with Crippen molar-refractivity contribution in [2.24, 2.45) is 5.41 Å². The molecule has 0 bridgehead atoms. The predicted molar refractivity (Wildman–Crippen MR) is 55.5 cm³/mol. The normalized spacial score (nSPS) is 34.9. The molecule has 1 spiro atoms. The van der Waals surface area contributed by atoms with Gasteiger partial charge in [-0.1, -0.05) is 0 Å². The summed E-state index contributed by atoms with van der Waals surface area (Å²) in [5, 5.41) is 3.36. The molecule has 2 atom stereocenters. The molecule has 2 aliphatic heterocycles. The predicted octanol–water partition coefficient (Wildman–Crippen LogP) is 0.708. The summed E-state index contributed by atoms with van der Waals surface area (Å²) in [7, 11) is 0. The van der Waals surface area contributed by atoms with Crippen LogP contribution in [0.15, 0.2) is 0 Å². The number of hydrogen-bond acceptors (Lipinski definition) is 4. The van der Waals surface area contributed by atoms with E-state index in [0.29, 0.717) is 18.4 Å². The number of ether oxygens (including phenoxy) is 2. The van der Waals surface area contributed by atoms with Crippen LogP contribution in [0, 0.1) is 5.41 Å². The van der Waals surface area contributed by atoms with Crippen LogP contribution in [0.25, 0.3) is 0 Å². The van der Waals surface area contributed by atoms with Gasteiger partial charge >= 0.3 is 5.97 Å². The molecule has 0 aromatic rings. The summed E-state index contributed by atoms with van der Waals surface area (Å²) in [5.74, 6) is -0.134. The van der Waals surface area contributed by atoms with E-state index in [-0.39, 0.29) is 12.1 Å². The van der Waals surface area contributed by atoms with Gasteiger partial charge in [0.2, 0.25) is 0 Å². The SMILES string of the molecule is CCOC(=O)CC1CC2(CCNC2)CO1. The summed E-state index contributed by atoms with van der Waals surface area (Å²) >= 11 is 0. The van der Waals surface area contributed by atoms with Crippen LogP contribution in [0.1, 0.15) is 26.2 Å². The second kappa shape index (κ2) is 4.49. The maximum Gasteiger partial charge on any atom is 0.308 e. The van der Waals surface area contributed by atoms with Gasteiger partial charge in [-0.25, -0.2) is 0 Å². The van der Waals surface area contributed by atoms with E-state index in [1.807, 2.05) is 6.92 Å². The van der Waals surface area contributed by atoms with Gasteiger partial charge in [-0.3, -0.25) is 4.79 Å². The van der Waals surface area contributed by atoms with E-state index in [2.05, 4.69) is 5.32 Å². The van der Waals surface area contributed by atoms with Gasteiger partial charge in [-0.2, -0.15) is 0 Å². The van der Waals surface area contributed by atoms with Crippen LogP contribution in [0.3, 0.4) is 0 Å². The molecule has 2 aliphatic rings. The summed E-state index contributed by atoms with van der Waals surface area (Å²) in [6.07, 6.45) is 2.66. The van der Waals surface area contributed by atoms with Gasteiger partial charge in [0.15, 0.2) is 0 Å². The lowest BCUT2D eigenvalue weighted by molar-refractivity contribution is -0.145. The van der Waals surface area contributed by atoms with Gasteiger partial charge in [-0.05, 0) is 26.3 Å². The standard InChI is InChI=1S/C11H19NO3/c1-2-14-10(13)5-9-6-11(8-15-9)3-4-12-7-11/h9,12H,2-8H2,1H3. The van der Waals surface area contributed by atoms with Crippen LogP contribution in [0.2, 0.25) is 0 Å². The average molecular weight is 213 g/mol. The quantitative estimate of drug-likeness (QED) is 0.701. The summed E-state index contributed by atoms with van der Waals surface area (Å²) in [4.78, 5) is 11.3. The molecule has 2 saturated heterocycles. The molecule has 2 rings (SSSR count). The maximum absolute atomic E-state index is 11.3. The molecular formula is C11H19NO3. The Balaban J connectivity index is 1.79. The van der Waals surface area contributed by atoms with E-state index in [1.54, 1.807) is 0 Å². The zero-order valence-corrected chi connectivity index (χ0v) is 9.25. The van der Waals surface area contributed by atoms with Crippen LogP contribution in [0.4, 0.5) is 0 Å². The van der Waals surface area contributed by atoms with Crippen LogP contribution in [-0.2, 0) is 14.3 Å². The highest BCUT2D eigenvalue weighted by Crippen LogP contribution is 2.38. The van der Waals surface area contributed by atoms with Gasteiger partial charge in [0.05, 0.1) is 25.7 Å². The lowest BCUT2D eigenvalue weighted by Crippen LogP contribution is -2.24. The van der Waals surface area contributed by atoms with E-state index in [1.165, 1.54) is 6.42 Å². The van der Waals surface area contributed by atoms with Crippen molar-refractivity contribution in [3.05, 3.63) is 0 Å². The Kier molecular flexibility index (Phi) is 3.26. The molecule has 0 aliphatic carbocycles. The summed E-state index contributed by atoms with van der Waals surface area (Å²) < 4.78 is 10.6. The summed E-state index contributed by atoms with van der Waals surface area (Å²) in [6.45, 7) is 5.19. The lowest BCUT2D eigenvalue weighted by atomic mass is 9.84. The third-order valence-corrected chi connectivity index (χ3v) is 3.32. The third kappa shape index (κ3) is 2.49. The minimum atomic E-state index is -0.134. The zero-order valence-electron chi connectivity index (χ0n) is 9.25. The number of nitrogens with one attached hydrogen (secondary N) is 1. The topological polar surface area (TPSA) is 47.6 Å². The molecule has 1 N–H and O–H groups in total. The Bertz CT molecular complexity index is 236. The van der Waals surface area contributed by atoms with Crippen molar-refractivity contribution < 1.29 is 14.3 Å². The first kappa shape index (κ1) is 10.9. The van der Waals surface area contributed by atoms with Gasteiger partial charge in [0.1, 0.15) is 0 Å². The number of hydrogen-bond donors (Lipinski definition) is 1. The van der Waals surface area contributed by atoms with Gasteiger partial charge in [-0.15, -0.1) is 0 Å². The first-order valence-corrected chi connectivity index (χ1v) is 5.72. The summed E-state index contributed by atoms with van der Waals surface area (Å²) in [5.41, 5.74) is 0.303. The fraction of sp³-hybridized carbons (Fsp3) is 0.909. The fourth-order valence-corrected chi connectivity index (χ4v) is 2.53. The molecule has 4 nitrogen and oxygen atoms in total. The molecule has 0 radical (unpaired) electrons. The molecule has 0 amide bonds. The van der Waals surface area contributed by atoms with Crippen LogP contribution >= 0.6 is 0 Å². The Hall–Kier alpha value is -0.610. The Morgan fingerprint density at radius 1 is 1.67 bits per heavy atom. The van der Waals surface area contributed by atoms with Crippen molar-refractivity contribution in [2.45, 2.75) is 32.3 Å². The average Bonchev–Trinajstić information content (AvgIpc) is 2.79. The largest absolute Gasteiger partial charge is 0.466 e. The molecular weight excluding hydrogens is 194 g/mol. The molecule has 2 fully saturated rings. The number of carbonyl (C=O) groups is 1. The Labute approximate surface area is 90.3 Å². The van der Waals surface area contributed by atoms with E-state index in [9.17, 15) is 4.79 Å². The third-order valence-electron chi connectivity index (χ3n) is 3.32. The van der Waals surface area contributed by atoms with Crippen molar-refractivity contribution in [2.75, 3.05) is 26.3 Å². The first-order chi connectivity index (χ1) is 7.24. The van der Waals surface area contributed by atoms with E-state index < -0.39 is 0 Å². The van der Waals surface area contributed by atoms with Gasteiger partial charge in [0, 0.05) is 12.0 Å². The molecule has 0 aromatic heterocycles. The zero-order chi connectivity index (χ0) is 10.7. The minimum Gasteiger partial charge on any atom is -0.466 e. The molecule has 86 valence electrons. The van der Waals surface area contributed by atoms with Crippen molar-refractivity contribution in [1.82, 2.24) is 5.32 Å². The van der Waals surface area contributed by atoms with Gasteiger partial charge < -0.3 is 14.8 Å². The lowest BCUT2D eigenvalue weighted by Gasteiger charge is -2.18. The van der Waals surface area contributed by atoms with Crippen LogP contribution in [-0.4, -0.2) is 38.4 Å². The highest BCUT2D eigenvalue weighted by molar-refractivity contribution is 5.70. The van der Waals surface area contributed by atoms with Crippen LogP contribution in [0.5, 0.6) is 0 Å². The minimum absolute atomic E-state index is 0.0731. The van der Waals surface area contributed by atoms with Crippen molar-refractivity contribution in [1.29, 1.82) is 0 Å². The number of esters is 1. The molecule has 15 heavy (non-hydrogen) atoms. The van der Waals surface area contributed by atoms with Crippen molar-refractivity contribution >= 4 is 5.97 Å².